The van der Waals surface area contributed by atoms with Crippen LogP contribution < -0.4 is 4.48 Å². The summed E-state index contributed by atoms with van der Waals surface area (Å²) in [5.74, 6) is 0. The van der Waals surface area contributed by atoms with Gasteiger partial charge >= 0.3 is 0 Å². The highest BCUT2D eigenvalue weighted by molar-refractivity contribution is 7.85. The van der Waals surface area contributed by atoms with E-state index >= 15 is 0 Å². The van der Waals surface area contributed by atoms with Crippen LogP contribution in [-0.4, -0.2) is 27.1 Å². The zero-order valence-corrected chi connectivity index (χ0v) is 19.1. The number of hydrogen-bond acceptors (Lipinski definition) is 3. The van der Waals surface area contributed by atoms with Gasteiger partial charge in [-0.3, -0.25) is 4.48 Å². The van der Waals surface area contributed by atoms with Gasteiger partial charge in [-0.2, -0.15) is 0 Å². The lowest BCUT2D eigenvalue weighted by atomic mass is 9.96. The molecule has 0 radical (unpaired) electrons. The van der Waals surface area contributed by atoms with Crippen LogP contribution >= 0.6 is 0 Å². The molecule has 1 heterocycles. The van der Waals surface area contributed by atoms with E-state index in [-0.39, 0.29) is 4.90 Å². The zero-order chi connectivity index (χ0) is 22.9. The van der Waals surface area contributed by atoms with Crippen molar-refractivity contribution in [2.75, 3.05) is 14.1 Å². The van der Waals surface area contributed by atoms with Gasteiger partial charge in [-0.05, 0) is 42.1 Å². The fourth-order valence-corrected chi connectivity index (χ4v) is 4.57. The molecule has 4 nitrogen and oxygen atoms in total. The monoisotopic (exact) mass is 443 g/mol. The highest BCUT2D eigenvalue weighted by Crippen LogP contribution is 2.45. The molecule has 4 aromatic carbocycles. The zero-order valence-electron chi connectivity index (χ0n) is 18.3. The Labute approximate surface area is 189 Å². The third-order valence-electron chi connectivity index (χ3n) is 5.61. The summed E-state index contributed by atoms with van der Waals surface area (Å²) in [6.45, 7) is 1.82. The number of benzene rings is 4. The van der Waals surface area contributed by atoms with Gasteiger partial charge in [-0.1, -0.05) is 72.3 Å². The summed E-state index contributed by atoms with van der Waals surface area (Å²) in [5.41, 5.74) is 6.30. The van der Waals surface area contributed by atoms with E-state index in [2.05, 4.69) is 87.0 Å². The fraction of sp³-hybridized carbons (Fsp3) is 0.111. The summed E-state index contributed by atoms with van der Waals surface area (Å²) in [7, 11) is 0.233. The molecular weight excluding hydrogens is 418 g/mol. The van der Waals surface area contributed by atoms with E-state index in [4.69, 9.17) is 0 Å². The van der Waals surface area contributed by atoms with Crippen molar-refractivity contribution < 1.29 is 13.0 Å². The van der Waals surface area contributed by atoms with Crippen LogP contribution in [0.5, 0.6) is 0 Å². The number of nitrogens with zero attached hydrogens (tertiary/aromatic N) is 1. The number of aryl methyl sites for hydroxylation is 1. The number of rotatable bonds is 2. The quantitative estimate of drug-likeness (QED) is 0.295. The van der Waals surface area contributed by atoms with Crippen LogP contribution in [0.4, 0.5) is 5.69 Å². The van der Waals surface area contributed by atoms with E-state index in [0.29, 0.717) is 0 Å². The van der Waals surface area contributed by atoms with Crippen LogP contribution in [0.2, 0.25) is 0 Å². The van der Waals surface area contributed by atoms with Gasteiger partial charge in [0.25, 0.3) is 0 Å². The maximum Gasteiger partial charge on any atom is 0.153 e. The number of hydrogen-bond donors (Lipinski definition) is 0. The van der Waals surface area contributed by atoms with E-state index in [1.807, 2.05) is 6.92 Å². The summed E-state index contributed by atoms with van der Waals surface area (Å²) in [5, 5.41) is 2.66. The smallest absolute Gasteiger partial charge is 0.153 e. The molecule has 0 amide bonds. The summed E-state index contributed by atoms with van der Waals surface area (Å²) < 4.78 is 32.0. The molecule has 0 saturated carbocycles. The first kappa shape index (κ1) is 22.0. The lowest BCUT2D eigenvalue weighted by molar-refractivity contribution is 0.463. The van der Waals surface area contributed by atoms with Crippen molar-refractivity contribution in [3.05, 3.63) is 114 Å². The summed E-state index contributed by atoms with van der Waals surface area (Å²) in [6.07, 6.45) is 2.35. The van der Waals surface area contributed by atoms with Gasteiger partial charge in [-0.25, -0.2) is 8.42 Å². The minimum Gasteiger partial charge on any atom is -0.744 e. The lowest BCUT2D eigenvalue weighted by Crippen LogP contribution is -2.31. The maximum absolute atomic E-state index is 10.4. The van der Waals surface area contributed by atoms with Crippen LogP contribution in [-0.2, 0) is 10.1 Å². The molecule has 32 heavy (non-hydrogen) atoms. The predicted octanol–water partition coefficient (Wildman–Crippen LogP) is 5.71. The molecule has 0 unspecified atom stereocenters. The molecule has 1 aliphatic rings. The van der Waals surface area contributed by atoms with Gasteiger partial charge in [-0.15, -0.1) is 0 Å². The van der Waals surface area contributed by atoms with Crippen molar-refractivity contribution in [2.45, 2.75) is 11.8 Å². The molecule has 0 fully saturated rings. The minimum atomic E-state index is -4.27. The normalized spacial score (nSPS) is 14.3. The van der Waals surface area contributed by atoms with Gasteiger partial charge in [0.05, 0.1) is 19.0 Å². The Kier molecular flexibility index (Phi) is 5.73. The molecule has 0 spiro atoms. The van der Waals surface area contributed by atoms with E-state index in [0.717, 1.165) is 10.0 Å². The molecule has 0 saturated heterocycles. The fourth-order valence-electron chi connectivity index (χ4n) is 4.10. The van der Waals surface area contributed by atoms with Crippen molar-refractivity contribution in [2.24, 2.45) is 0 Å². The van der Waals surface area contributed by atoms with Crippen LogP contribution in [0.15, 0.2) is 102 Å². The van der Waals surface area contributed by atoms with Crippen LogP contribution in [0.1, 0.15) is 16.7 Å². The van der Waals surface area contributed by atoms with Crippen LogP contribution in [0.25, 0.3) is 16.3 Å². The average molecular weight is 444 g/mol. The van der Waals surface area contributed by atoms with Gasteiger partial charge in [0.2, 0.25) is 0 Å². The predicted molar refractivity (Wildman–Crippen MR) is 130 cm³/mol. The molecule has 0 aliphatic carbocycles. The Morgan fingerprint density at radius 3 is 2.03 bits per heavy atom. The molecule has 0 bridgehead atoms. The molecule has 5 rings (SSSR count). The van der Waals surface area contributed by atoms with Gasteiger partial charge in [0.1, 0.15) is 16.3 Å². The second-order valence-electron chi connectivity index (χ2n) is 8.40. The third-order valence-corrected chi connectivity index (χ3v) is 6.46. The molecule has 1 aliphatic heterocycles. The molecule has 0 aromatic heterocycles. The first-order valence-corrected chi connectivity index (χ1v) is 11.7. The van der Waals surface area contributed by atoms with E-state index in [9.17, 15) is 13.0 Å². The van der Waals surface area contributed by atoms with Gasteiger partial charge in [0, 0.05) is 16.5 Å². The average Bonchev–Trinajstić information content (AvgIpc) is 3.06. The Balaban J connectivity index is 0.000000189. The van der Waals surface area contributed by atoms with Crippen LogP contribution in [0, 0.1) is 6.92 Å². The molecular formula is C27H25NO3S. The number of fused-ring (bicyclic) bond motifs is 3. The van der Waals surface area contributed by atoms with E-state index < -0.39 is 10.1 Å². The lowest BCUT2D eigenvalue weighted by Gasteiger charge is -2.22. The largest absolute Gasteiger partial charge is 0.744 e. The first-order chi connectivity index (χ1) is 15.2. The van der Waals surface area contributed by atoms with Gasteiger partial charge in [0.15, 0.2) is 5.69 Å². The molecule has 5 heteroatoms. The number of quaternary nitrogens is 1. The molecule has 162 valence electrons. The molecule has 4 aromatic rings. The van der Waals surface area contributed by atoms with Crippen molar-refractivity contribution >= 4 is 32.2 Å². The second-order valence-corrected chi connectivity index (χ2v) is 9.78. The van der Waals surface area contributed by atoms with Crippen molar-refractivity contribution in [1.29, 1.82) is 0 Å². The molecule has 0 N–H and O–H groups in total. The summed E-state index contributed by atoms with van der Waals surface area (Å²) in [6, 6.07) is 29.6. The van der Waals surface area contributed by atoms with E-state index in [1.165, 1.54) is 45.3 Å². The summed E-state index contributed by atoms with van der Waals surface area (Å²) in [4.78, 5) is -0.178. The summed E-state index contributed by atoms with van der Waals surface area (Å²) >= 11 is 0. The standard InChI is InChI=1S/C20H18N.C7H8O3S/c1-21(2)14-19(15-8-4-3-5-9-15)18-13-12-16-10-6-7-11-17(16)20(18)21;1-6-2-4-7(5-3-6)11(8,9)10/h3-14H,1-2H3;2-5H,1H3,(H,8,9,10)/q+1;/p-1. The Morgan fingerprint density at radius 2 is 1.38 bits per heavy atom. The topological polar surface area (TPSA) is 57.2 Å². The van der Waals surface area contributed by atoms with Crippen molar-refractivity contribution in [1.82, 2.24) is 4.48 Å². The van der Waals surface area contributed by atoms with Crippen molar-refractivity contribution in [3.63, 3.8) is 0 Å². The van der Waals surface area contributed by atoms with Gasteiger partial charge < -0.3 is 4.55 Å². The highest BCUT2D eigenvalue weighted by Gasteiger charge is 2.33. The minimum absolute atomic E-state index is 0.178. The molecule has 0 atom stereocenters. The van der Waals surface area contributed by atoms with Crippen LogP contribution in [0.3, 0.4) is 0 Å². The van der Waals surface area contributed by atoms with E-state index in [1.54, 1.807) is 12.1 Å². The SMILES string of the molecule is C[N+]1(C)C=C(c2ccccc2)c2ccc3ccccc3c21.Cc1ccc(S(=O)(=O)[O-])cc1. The first-order valence-electron chi connectivity index (χ1n) is 10.3. The Hall–Kier alpha value is -3.25. The Bertz CT molecular complexity index is 1400. The second kappa shape index (κ2) is 8.36. The van der Waals surface area contributed by atoms with Crippen molar-refractivity contribution in [3.8, 4) is 0 Å². The third kappa shape index (κ3) is 4.36. The maximum atomic E-state index is 10.4. The highest BCUT2D eigenvalue weighted by atomic mass is 32.2. The Morgan fingerprint density at radius 1 is 0.750 bits per heavy atom.